The first-order chi connectivity index (χ1) is 7.99. The van der Waals surface area contributed by atoms with Crippen LogP contribution >= 0.6 is 0 Å². The highest BCUT2D eigenvalue weighted by atomic mass is 32.2. The van der Waals surface area contributed by atoms with Crippen LogP contribution in [0.3, 0.4) is 0 Å². The van der Waals surface area contributed by atoms with Crippen LogP contribution in [0.1, 0.15) is 10.5 Å². The summed E-state index contributed by atoms with van der Waals surface area (Å²) in [5.74, 6) is -1.03. The van der Waals surface area contributed by atoms with Crippen molar-refractivity contribution in [3.8, 4) is 0 Å². The van der Waals surface area contributed by atoms with Crippen molar-refractivity contribution in [3.05, 3.63) is 30.2 Å². The van der Waals surface area contributed by atoms with Gasteiger partial charge >= 0.3 is 5.97 Å². The lowest BCUT2D eigenvalue weighted by Crippen LogP contribution is -2.12. The Kier molecular flexibility index (Phi) is 2.60. The number of carboxylic acids is 1. The minimum atomic E-state index is -3.81. The molecule has 90 valence electrons. The van der Waals surface area contributed by atoms with Gasteiger partial charge in [0.25, 0.3) is 10.0 Å². The minimum absolute atomic E-state index is 0.162. The molecule has 2 aromatic rings. The topological polar surface area (TPSA) is 128 Å². The first-order valence-electron chi connectivity index (χ1n) is 4.43. The van der Waals surface area contributed by atoms with Gasteiger partial charge in [0.1, 0.15) is 16.4 Å². The van der Waals surface area contributed by atoms with Gasteiger partial charge in [-0.2, -0.15) is 5.10 Å². The number of aromatic carboxylic acids is 1. The molecule has 2 heterocycles. The number of sulfonamides is 1. The molecule has 17 heavy (non-hydrogen) atoms. The number of aromatic amines is 2. The van der Waals surface area contributed by atoms with Gasteiger partial charge in [0.15, 0.2) is 0 Å². The van der Waals surface area contributed by atoms with Crippen LogP contribution < -0.4 is 4.72 Å². The largest absolute Gasteiger partial charge is 0.477 e. The molecule has 4 N–H and O–H groups in total. The number of nitrogens with one attached hydrogen (secondary N) is 3. The van der Waals surface area contributed by atoms with Gasteiger partial charge in [-0.15, -0.1) is 0 Å². The lowest BCUT2D eigenvalue weighted by molar-refractivity contribution is 0.0691. The maximum Gasteiger partial charge on any atom is 0.352 e. The molecular weight excluding hydrogens is 248 g/mol. The molecule has 2 rings (SSSR count). The molecule has 0 spiro atoms. The first-order valence-corrected chi connectivity index (χ1v) is 5.91. The third kappa shape index (κ3) is 2.28. The molecule has 2 aromatic heterocycles. The van der Waals surface area contributed by atoms with Gasteiger partial charge in [-0.25, -0.2) is 13.2 Å². The van der Waals surface area contributed by atoms with Crippen molar-refractivity contribution in [3.63, 3.8) is 0 Å². The summed E-state index contributed by atoms with van der Waals surface area (Å²) in [6.45, 7) is 0. The molecule has 0 saturated heterocycles. The van der Waals surface area contributed by atoms with E-state index >= 15 is 0 Å². The third-order valence-corrected chi connectivity index (χ3v) is 3.29. The Bertz CT molecular complexity index is 628. The van der Waals surface area contributed by atoms with Gasteiger partial charge in [-0.05, 0) is 6.07 Å². The quantitative estimate of drug-likeness (QED) is 0.622. The van der Waals surface area contributed by atoms with Crippen LogP contribution in [-0.4, -0.2) is 34.7 Å². The van der Waals surface area contributed by atoms with E-state index in [4.69, 9.17) is 5.11 Å². The highest BCUT2D eigenvalue weighted by Crippen LogP contribution is 2.14. The first kappa shape index (κ1) is 11.2. The maximum absolute atomic E-state index is 11.8. The molecule has 0 atom stereocenters. The zero-order valence-electron chi connectivity index (χ0n) is 8.34. The molecule has 0 aliphatic heterocycles. The van der Waals surface area contributed by atoms with E-state index in [0.717, 1.165) is 12.3 Å². The molecule has 0 aliphatic rings. The van der Waals surface area contributed by atoms with E-state index in [0.29, 0.717) is 0 Å². The Balaban J connectivity index is 2.28. The summed E-state index contributed by atoms with van der Waals surface area (Å²) in [5, 5.41) is 14.7. The number of aromatic nitrogens is 3. The second-order valence-corrected chi connectivity index (χ2v) is 4.81. The standard InChI is InChI=1S/C8H8N4O4S/c13-8(14)6-3-5(4-9-6)17(15,16)12-7-1-2-10-11-7/h1-4,9H,(H,13,14)(H2,10,11,12). The molecule has 8 nitrogen and oxygen atoms in total. The number of carboxylic acid groups (broad SMARTS) is 1. The summed E-state index contributed by atoms with van der Waals surface area (Å²) in [6, 6.07) is 2.46. The number of H-pyrrole nitrogens is 2. The Morgan fingerprint density at radius 1 is 1.47 bits per heavy atom. The molecule has 0 fully saturated rings. The number of hydrogen-bond donors (Lipinski definition) is 4. The predicted molar refractivity (Wildman–Crippen MR) is 57.1 cm³/mol. The Morgan fingerprint density at radius 3 is 2.76 bits per heavy atom. The van der Waals surface area contributed by atoms with Crippen LogP contribution in [0.5, 0.6) is 0 Å². The molecule has 0 bridgehead atoms. The fourth-order valence-electron chi connectivity index (χ4n) is 1.17. The highest BCUT2D eigenvalue weighted by molar-refractivity contribution is 7.92. The monoisotopic (exact) mass is 256 g/mol. The van der Waals surface area contributed by atoms with Gasteiger partial charge < -0.3 is 10.1 Å². The third-order valence-electron chi connectivity index (χ3n) is 1.94. The number of hydrogen-bond acceptors (Lipinski definition) is 4. The van der Waals surface area contributed by atoms with Crippen molar-refractivity contribution in [1.82, 2.24) is 15.2 Å². The minimum Gasteiger partial charge on any atom is -0.477 e. The van der Waals surface area contributed by atoms with E-state index in [1.807, 2.05) is 0 Å². The zero-order chi connectivity index (χ0) is 12.5. The second kappa shape index (κ2) is 3.94. The van der Waals surface area contributed by atoms with E-state index < -0.39 is 16.0 Å². The van der Waals surface area contributed by atoms with Gasteiger partial charge in [0, 0.05) is 12.3 Å². The number of anilines is 1. The summed E-state index contributed by atoms with van der Waals surface area (Å²) in [5.41, 5.74) is -0.199. The molecular formula is C8H8N4O4S. The van der Waals surface area contributed by atoms with Crippen molar-refractivity contribution in [1.29, 1.82) is 0 Å². The number of rotatable bonds is 4. The van der Waals surface area contributed by atoms with E-state index in [9.17, 15) is 13.2 Å². The highest BCUT2D eigenvalue weighted by Gasteiger charge is 2.18. The summed E-state index contributed by atoms with van der Waals surface area (Å²) >= 11 is 0. The second-order valence-electron chi connectivity index (χ2n) is 3.13. The van der Waals surface area contributed by atoms with Crippen molar-refractivity contribution in [2.24, 2.45) is 0 Å². The lowest BCUT2D eigenvalue weighted by Gasteiger charge is -2.02. The van der Waals surface area contributed by atoms with Crippen LogP contribution in [0.4, 0.5) is 5.82 Å². The Labute approximate surface area is 95.7 Å². The fraction of sp³-hybridized carbons (Fsp3) is 0. The molecule has 0 aliphatic carbocycles. The van der Waals surface area contributed by atoms with E-state index in [1.165, 1.54) is 12.3 Å². The van der Waals surface area contributed by atoms with Crippen LogP contribution in [0.15, 0.2) is 29.4 Å². The average Bonchev–Trinajstić information content (AvgIpc) is 2.84. The molecule has 9 heteroatoms. The van der Waals surface area contributed by atoms with Crippen molar-refractivity contribution < 1.29 is 18.3 Å². The lowest BCUT2D eigenvalue weighted by atomic mass is 10.4. The SMILES string of the molecule is O=C(O)c1cc(S(=O)(=O)Nc2ccn[nH]2)c[nH]1. The van der Waals surface area contributed by atoms with Crippen LogP contribution in [0.25, 0.3) is 0 Å². The Morgan fingerprint density at radius 2 is 2.24 bits per heavy atom. The number of carbonyl (C=O) groups is 1. The summed E-state index contributed by atoms with van der Waals surface area (Å²) in [7, 11) is -3.81. The van der Waals surface area contributed by atoms with Crippen LogP contribution in [0.2, 0.25) is 0 Å². The zero-order valence-corrected chi connectivity index (χ0v) is 9.15. The average molecular weight is 256 g/mol. The summed E-state index contributed by atoms with van der Waals surface area (Å²) in [6.07, 6.45) is 2.49. The summed E-state index contributed by atoms with van der Waals surface area (Å²) in [4.78, 5) is 12.8. The number of nitrogens with zero attached hydrogens (tertiary/aromatic N) is 1. The van der Waals surface area contributed by atoms with E-state index in [2.05, 4.69) is 19.9 Å². The molecule has 0 unspecified atom stereocenters. The van der Waals surface area contributed by atoms with Gasteiger partial charge in [-0.3, -0.25) is 9.82 Å². The smallest absolute Gasteiger partial charge is 0.352 e. The Hall–Kier alpha value is -2.29. The van der Waals surface area contributed by atoms with Gasteiger partial charge in [-0.1, -0.05) is 0 Å². The van der Waals surface area contributed by atoms with Gasteiger partial charge in [0.2, 0.25) is 0 Å². The van der Waals surface area contributed by atoms with Crippen molar-refractivity contribution >= 4 is 21.8 Å². The van der Waals surface area contributed by atoms with Crippen molar-refractivity contribution in [2.75, 3.05) is 4.72 Å². The summed E-state index contributed by atoms with van der Waals surface area (Å²) < 4.78 is 25.7. The maximum atomic E-state index is 11.8. The van der Waals surface area contributed by atoms with Crippen LogP contribution in [0, 0.1) is 0 Å². The predicted octanol–water partition coefficient (Wildman–Crippen LogP) is 0.237. The van der Waals surface area contributed by atoms with Gasteiger partial charge in [0.05, 0.1) is 6.20 Å². The van der Waals surface area contributed by atoms with E-state index in [1.54, 1.807) is 0 Å². The van der Waals surface area contributed by atoms with Crippen molar-refractivity contribution in [2.45, 2.75) is 4.90 Å². The molecule has 0 aromatic carbocycles. The molecule has 0 saturated carbocycles. The normalized spacial score (nSPS) is 11.3. The molecule has 0 radical (unpaired) electrons. The van der Waals surface area contributed by atoms with E-state index in [-0.39, 0.29) is 16.4 Å². The van der Waals surface area contributed by atoms with Crippen LogP contribution in [-0.2, 0) is 10.0 Å². The fourth-order valence-corrected chi connectivity index (χ4v) is 2.18. The molecule has 0 amide bonds.